The predicted octanol–water partition coefficient (Wildman–Crippen LogP) is 3.43. The number of hydrogen-bond acceptors (Lipinski definition) is 5. The van der Waals surface area contributed by atoms with Crippen molar-refractivity contribution in [2.75, 3.05) is 10.6 Å². The number of carbonyl (C=O) groups is 2. The van der Waals surface area contributed by atoms with Crippen LogP contribution in [0.25, 0.3) is 16.4 Å². The number of rotatable bonds is 4. The van der Waals surface area contributed by atoms with Crippen molar-refractivity contribution in [2.24, 2.45) is 7.05 Å². The second-order valence-electron chi connectivity index (χ2n) is 7.38. The summed E-state index contributed by atoms with van der Waals surface area (Å²) in [6.07, 6.45) is 3.09. The molecule has 5 rings (SSSR count). The maximum atomic E-state index is 12.8. The van der Waals surface area contributed by atoms with Crippen LogP contribution < -0.4 is 10.6 Å². The zero-order chi connectivity index (χ0) is 22.2. The van der Waals surface area contributed by atoms with Crippen LogP contribution in [0.5, 0.6) is 0 Å². The number of para-hydroxylation sites is 1. The fourth-order valence-electron chi connectivity index (χ4n) is 3.65. The molecule has 2 N–H and O–H groups in total. The van der Waals surface area contributed by atoms with Crippen LogP contribution >= 0.6 is 0 Å². The van der Waals surface area contributed by atoms with Crippen LogP contribution in [-0.2, 0) is 7.05 Å². The van der Waals surface area contributed by atoms with Crippen LogP contribution in [0.2, 0.25) is 0 Å². The van der Waals surface area contributed by atoms with Gasteiger partial charge in [-0.15, -0.1) is 0 Å². The van der Waals surface area contributed by atoms with Gasteiger partial charge in [0.25, 0.3) is 11.8 Å². The molecule has 0 saturated carbocycles. The molecule has 3 aromatic heterocycles. The third-order valence-electron chi connectivity index (χ3n) is 5.25. The first-order chi connectivity index (χ1) is 15.5. The van der Waals surface area contributed by atoms with Crippen molar-refractivity contribution in [2.45, 2.75) is 6.92 Å². The molecule has 0 saturated heterocycles. The van der Waals surface area contributed by atoms with Crippen LogP contribution in [0.15, 0.2) is 67.0 Å². The van der Waals surface area contributed by atoms with Gasteiger partial charge in [0.1, 0.15) is 5.52 Å². The highest BCUT2D eigenvalue weighted by atomic mass is 16.2. The number of nitrogens with zero attached hydrogens (tertiary/aromatic N) is 5. The summed E-state index contributed by atoms with van der Waals surface area (Å²) in [6, 6.07) is 16.4. The number of aryl methyl sites for hydroxylation is 2. The average molecular weight is 425 g/mol. The van der Waals surface area contributed by atoms with Crippen molar-refractivity contribution in [3.05, 3.63) is 83.8 Å². The SMILES string of the molecule is Cc1cc(NC(=O)c2nn(C)c3ccccc23)ccc1NC(=O)c1cnn2ncccc12. The van der Waals surface area contributed by atoms with Crippen molar-refractivity contribution in [3.8, 4) is 0 Å². The number of fused-ring (bicyclic) bond motifs is 2. The summed E-state index contributed by atoms with van der Waals surface area (Å²) < 4.78 is 3.09. The first-order valence-electron chi connectivity index (χ1n) is 9.95. The van der Waals surface area contributed by atoms with Crippen molar-refractivity contribution in [3.63, 3.8) is 0 Å². The molecule has 158 valence electrons. The average Bonchev–Trinajstić information content (AvgIpc) is 3.37. The number of anilines is 2. The Balaban J connectivity index is 1.35. The summed E-state index contributed by atoms with van der Waals surface area (Å²) in [7, 11) is 1.81. The topological polar surface area (TPSA) is 106 Å². The van der Waals surface area contributed by atoms with E-state index in [0.717, 1.165) is 16.5 Å². The van der Waals surface area contributed by atoms with Gasteiger partial charge in [0.15, 0.2) is 5.69 Å². The molecular formula is C23H19N7O2. The van der Waals surface area contributed by atoms with E-state index >= 15 is 0 Å². The fraction of sp³-hybridized carbons (Fsp3) is 0.0870. The highest BCUT2D eigenvalue weighted by molar-refractivity contribution is 6.12. The van der Waals surface area contributed by atoms with E-state index in [4.69, 9.17) is 0 Å². The van der Waals surface area contributed by atoms with Gasteiger partial charge in [-0.2, -0.15) is 19.9 Å². The Kier molecular flexibility index (Phi) is 4.63. The number of amides is 2. The van der Waals surface area contributed by atoms with Gasteiger partial charge in [-0.3, -0.25) is 14.3 Å². The van der Waals surface area contributed by atoms with Crippen molar-refractivity contribution in [1.29, 1.82) is 0 Å². The van der Waals surface area contributed by atoms with Crippen LogP contribution in [0.3, 0.4) is 0 Å². The van der Waals surface area contributed by atoms with Gasteiger partial charge in [-0.05, 0) is 48.9 Å². The Morgan fingerprint density at radius 1 is 0.906 bits per heavy atom. The molecule has 3 heterocycles. The van der Waals surface area contributed by atoms with E-state index in [0.29, 0.717) is 28.1 Å². The summed E-state index contributed by atoms with van der Waals surface area (Å²) in [5.41, 5.74) is 4.34. The minimum atomic E-state index is -0.295. The number of benzene rings is 2. The van der Waals surface area contributed by atoms with Gasteiger partial charge in [-0.25, -0.2) is 0 Å². The van der Waals surface area contributed by atoms with Gasteiger partial charge in [0, 0.05) is 30.0 Å². The number of aromatic nitrogens is 5. The standard InChI is InChI=1S/C23H19N7O2/c1-14-12-15(26-23(32)21-16-6-3-4-7-19(16)29(2)28-21)9-10-18(14)27-22(31)17-13-25-30-20(17)8-5-11-24-30/h3-13H,1-2H3,(H,26,32)(H,27,31). The number of hydrogen-bond donors (Lipinski definition) is 2. The third-order valence-corrected chi connectivity index (χ3v) is 5.25. The predicted molar refractivity (Wildman–Crippen MR) is 121 cm³/mol. The molecule has 9 nitrogen and oxygen atoms in total. The molecule has 32 heavy (non-hydrogen) atoms. The molecule has 0 spiro atoms. The van der Waals surface area contributed by atoms with Crippen LogP contribution in [-0.4, -0.2) is 36.4 Å². The highest BCUT2D eigenvalue weighted by Crippen LogP contribution is 2.23. The van der Waals surface area contributed by atoms with E-state index in [9.17, 15) is 9.59 Å². The fourth-order valence-corrected chi connectivity index (χ4v) is 3.65. The highest BCUT2D eigenvalue weighted by Gasteiger charge is 2.17. The lowest BCUT2D eigenvalue weighted by atomic mass is 10.1. The zero-order valence-corrected chi connectivity index (χ0v) is 17.4. The number of nitrogens with one attached hydrogen (secondary N) is 2. The molecule has 0 fully saturated rings. The lowest BCUT2D eigenvalue weighted by Crippen LogP contribution is -2.15. The Morgan fingerprint density at radius 3 is 2.56 bits per heavy atom. The lowest BCUT2D eigenvalue weighted by molar-refractivity contribution is 0.101. The minimum Gasteiger partial charge on any atom is -0.322 e. The molecule has 0 aliphatic heterocycles. The molecule has 2 amide bonds. The van der Waals surface area contributed by atoms with E-state index in [2.05, 4.69) is 25.9 Å². The van der Waals surface area contributed by atoms with Gasteiger partial charge >= 0.3 is 0 Å². The van der Waals surface area contributed by atoms with Gasteiger partial charge in [0.2, 0.25) is 0 Å². The second kappa shape index (κ2) is 7.62. The monoisotopic (exact) mass is 425 g/mol. The molecular weight excluding hydrogens is 406 g/mol. The first kappa shape index (κ1) is 19.4. The molecule has 9 heteroatoms. The Labute approximate surface area is 182 Å². The van der Waals surface area contributed by atoms with E-state index < -0.39 is 0 Å². The molecule has 0 atom stereocenters. The van der Waals surface area contributed by atoms with Crippen molar-refractivity contribution >= 4 is 39.6 Å². The molecule has 0 aliphatic rings. The summed E-state index contributed by atoms with van der Waals surface area (Å²) in [5.74, 6) is -0.579. The Hall–Kier alpha value is -4.53. The molecule has 0 unspecified atom stereocenters. The number of carbonyl (C=O) groups excluding carboxylic acids is 2. The summed E-state index contributed by atoms with van der Waals surface area (Å²) in [4.78, 5) is 25.6. The van der Waals surface area contributed by atoms with E-state index in [1.165, 1.54) is 10.8 Å². The quantitative estimate of drug-likeness (QED) is 0.459. The van der Waals surface area contributed by atoms with Crippen molar-refractivity contribution < 1.29 is 9.59 Å². The Morgan fingerprint density at radius 2 is 1.72 bits per heavy atom. The van der Waals surface area contributed by atoms with Gasteiger partial charge in [-0.1, -0.05) is 18.2 Å². The van der Waals surface area contributed by atoms with Gasteiger partial charge < -0.3 is 10.6 Å². The summed E-state index contributed by atoms with van der Waals surface area (Å²) in [5, 5.41) is 19.1. The summed E-state index contributed by atoms with van der Waals surface area (Å²) >= 11 is 0. The van der Waals surface area contributed by atoms with Crippen LogP contribution in [0, 0.1) is 6.92 Å². The van der Waals surface area contributed by atoms with E-state index in [1.54, 1.807) is 48.3 Å². The minimum absolute atomic E-state index is 0.284. The van der Waals surface area contributed by atoms with Gasteiger partial charge in [0.05, 0.1) is 17.3 Å². The Bertz CT molecular complexity index is 1500. The maximum absolute atomic E-state index is 12.8. The molecule has 0 aliphatic carbocycles. The second-order valence-corrected chi connectivity index (χ2v) is 7.38. The molecule has 0 radical (unpaired) electrons. The van der Waals surface area contributed by atoms with E-state index in [1.807, 2.05) is 31.2 Å². The third kappa shape index (κ3) is 3.35. The lowest BCUT2D eigenvalue weighted by Gasteiger charge is -2.10. The first-order valence-corrected chi connectivity index (χ1v) is 9.95. The largest absolute Gasteiger partial charge is 0.322 e. The smallest absolute Gasteiger partial charge is 0.276 e. The molecule has 5 aromatic rings. The summed E-state index contributed by atoms with van der Waals surface area (Å²) in [6.45, 7) is 1.86. The maximum Gasteiger partial charge on any atom is 0.276 e. The van der Waals surface area contributed by atoms with Crippen LogP contribution in [0.4, 0.5) is 11.4 Å². The molecule has 0 bridgehead atoms. The normalized spacial score (nSPS) is 11.1. The molecule has 2 aromatic carbocycles. The van der Waals surface area contributed by atoms with Crippen LogP contribution in [0.1, 0.15) is 26.4 Å². The zero-order valence-electron chi connectivity index (χ0n) is 17.4. The van der Waals surface area contributed by atoms with Crippen molar-refractivity contribution in [1.82, 2.24) is 24.6 Å². The van der Waals surface area contributed by atoms with E-state index in [-0.39, 0.29) is 11.8 Å².